The summed E-state index contributed by atoms with van der Waals surface area (Å²) in [6.45, 7) is 4.02. The Labute approximate surface area is 107 Å². The second kappa shape index (κ2) is 3.58. The number of hydrogen-bond donors (Lipinski definition) is 1. The van der Waals surface area contributed by atoms with Crippen molar-refractivity contribution in [2.75, 3.05) is 0 Å². The van der Waals surface area contributed by atoms with Crippen LogP contribution in [-0.4, -0.2) is 10.6 Å². The van der Waals surface area contributed by atoms with Crippen LogP contribution in [0.4, 0.5) is 4.39 Å². The molecule has 0 bridgehead atoms. The fourth-order valence-electron chi connectivity index (χ4n) is 2.98. The van der Waals surface area contributed by atoms with E-state index in [9.17, 15) is 4.39 Å². The summed E-state index contributed by atoms with van der Waals surface area (Å²) in [5, 5.41) is 0.969. The minimum Gasteiger partial charge on any atom is -0.348 e. The maximum atomic E-state index is 14.3. The summed E-state index contributed by atoms with van der Waals surface area (Å²) >= 11 is 0. The predicted molar refractivity (Wildman–Crippen MR) is 72.2 cm³/mol. The SMILES string of the molecule is Cc1cc2cc(F)c(C3(C(C)N)CC3)cc2n1C. The van der Waals surface area contributed by atoms with Gasteiger partial charge >= 0.3 is 0 Å². The lowest BCUT2D eigenvalue weighted by Crippen LogP contribution is -2.32. The second-order valence-corrected chi connectivity index (χ2v) is 5.68. The van der Waals surface area contributed by atoms with Gasteiger partial charge in [0.15, 0.2) is 0 Å². The van der Waals surface area contributed by atoms with Crippen LogP contribution >= 0.6 is 0 Å². The first kappa shape index (κ1) is 11.7. The van der Waals surface area contributed by atoms with Gasteiger partial charge in [-0.3, -0.25) is 0 Å². The molecule has 0 saturated heterocycles. The van der Waals surface area contributed by atoms with Crippen LogP contribution in [-0.2, 0) is 12.5 Å². The van der Waals surface area contributed by atoms with Crippen LogP contribution < -0.4 is 5.73 Å². The van der Waals surface area contributed by atoms with Crippen molar-refractivity contribution in [3.8, 4) is 0 Å². The fourth-order valence-corrected chi connectivity index (χ4v) is 2.98. The molecule has 1 aromatic heterocycles. The van der Waals surface area contributed by atoms with Crippen molar-refractivity contribution in [2.24, 2.45) is 12.8 Å². The van der Waals surface area contributed by atoms with E-state index in [-0.39, 0.29) is 17.3 Å². The fraction of sp³-hybridized carbons (Fsp3) is 0.467. The number of halogens is 1. The van der Waals surface area contributed by atoms with Gasteiger partial charge in [0.1, 0.15) is 5.82 Å². The molecule has 1 aromatic carbocycles. The van der Waals surface area contributed by atoms with Gasteiger partial charge in [0, 0.05) is 35.1 Å². The lowest BCUT2D eigenvalue weighted by Gasteiger charge is -2.21. The molecule has 18 heavy (non-hydrogen) atoms. The van der Waals surface area contributed by atoms with E-state index in [0.717, 1.165) is 35.0 Å². The Kier molecular flexibility index (Phi) is 2.33. The van der Waals surface area contributed by atoms with E-state index in [1.165, 1.54) is 0 Å². The van der Waals surface area contributed by atoms with E-state index in [4.69, 9.17) is 5.73 Å². The molecule has 1 fully saturated rings. The summed E-state index contributed by atoms with van der Waals surface area (Å²) in [5.74, 6) is -0.108. The normalized spacial score (nSPS) is 19.2. The Balaban J connectivity index is 2.24. The first-order chi connectivity index (χ1) is 8.45. The van der Waals surface area contributed by atoms with Gasteiger partial charge in [-0.05, 0) is 50.5 Å². The Morgan fingerprint density at radius 3 is 2.56 bits per heavy atom. The molecule has 0 aliphatic heterocycles. The van der Waals surface area contributed by atoms with Crippen molar-refractivity contribution in [1.29, 1.82) is 0 Å². The van der Waals surface area contributed by atoms with Crippen molar-refractivity contribution < 1.29 is 4.39 Å². The maximum absolute atomic E-state index is 14.3. The summed E-state index contributed by atoms with van der Waals surface area (Å²) in [6.07, 6.45) is 1.99. The van der Waals surface area contributed by atoms with Gasteiger partial charge < -0.3 is 10.3 Å². The molecular weight excluding hydrogens is 227 g/mol. The van der Waals surface area contributed by atoms with Crippen LogP contribution in [0.3, 0.4) is 0 Å². The van der Waals surface area contributed by atoms with Gasteiger partial charge in [-0.2, -0.15) is 0 Å². The second-order valence-electron chi connectivity index (χ2n) is 5.68. The molecule has 1 heterocycles. The molecule has 1 unspecified atom stereocenters. The molecule has 1 atom stereocenters. The minimum atomic E-state index is -0.129. The van der Waals surface area contributed by atoms with Crippen LogP contribution in [0.1, 0.15) is 31.0 Å². The number of hydrogen-bond acceptors (Lipinski definition) is 1. The highest BCUT2D eigenvalue weighted by Crippen LogP contribution is 2.51. The molecule has 2 nitrogen and oxygen atoms in total. The molecule has 0 spiro atoms. The predicted octanol–water partition coefficient (Wildman–Crippen LogP) is 3.00. The Morgan fingerprint density at radius 1 is 1.33 bits per heavy atom. The molecule has 2 N–H and O–H groups in total. The Morgan fingerprint density at radius 2 is 2.00 bits per heavy atom. The zero-order valence-corrected chi connectivity index (χ0v) is 11.1. The summed E-state index contributed by atoms with van der Waals surface area (Å²) in [7, 11) is 2.02. The molecule has 96 valence electrons. The van der Waals surface area contributed by atoms with Crippen molar-refractivity contribution in [3.63, 3.8) is 0 Å². The van der Waals surface area contributed by atoms with E-state index in [0.29, 0.717) is 0 Å². The van der Waals surface area contributed by atoms with Gasteiger partial charge in [0.2, 0.25) is 0 Å². The zero-order valence-electron chi connectivity index (χ0n) is 11.1. The highest BCUT2D eigenvalue weighted by atomic mass is 19.1. The number of nitrogens with zero attached hydrogens (tertiary/aromatic N) is 1. The minimum absolute atomic E-state index is 0.00538. The lowest BCUT2D eigenvalue weighted by atomic mass is 9.88. The van der Waals surface area contributed by atoms with Gasteiger partial charge in [-0.1, -0.05) is 0 Å². The Hall–Kier alpha value is -1.35. The highest BCUT2D eigenvalue weighted by molar-refractivity contribution is 5.82. The highest BCUT2D eigenvalue weighted by Gasteiger charge is 2.49. The van der Waals surface area contributed by atoms with Crippen LogP contribution in [0, 0.1) is 12.7 Å². The summed E-state index contributed by atoms with van der Waals surface area (Å²) in [4.78, 5) is 0. The maximum Gasteiger partial charge on any atom is 0.127 e. The third-order valence-electron chi connectivity index (χ3n) is 4.57. The largest absolute Gasteiger partial charge is 0.348 e. The smallest absolute Gasteiger partial charge is 0.127 e. The molecular formula is C15H19FN2. The molecule has 0 radical (unpaired) electrons. The molecule has 1 aliphatic rings. The summed E-state index contributed by atoms with van der Waals surface area (Å²) < 4.78 is 16.4. The number of aryl methyl sites for hydroxylation is 2. The van der Waals surface area contributed by atoms with E-state index < -0.39 is 0 Å². The lowest BCUT2D eigenvalue weighted by molar-refractivity contribution is 0.513. The van der Waals surface area contributed by atoms with Crippen molar-refractivity contribution >= 4 is 10.9 Å². The molecule has 3 rings (SSSR count). The summed E-state index contributed by atoms with van der Waals surface area (Å²) in [6, 6.07) is 5.67. The Bertz CT molecular complexity index is 621. The third kappa shape index (κ3) is 1.43. The third-order valence-corrected chi connectivity index (χ3v) is 4.57. The number of nitrogens with two attached hydrogens (primary N) is 1. The van der Waals surface area contributed by atoms with E-state index in [1.54, 1.807) is 6.07 Å². The average Bonchev–Trinajstić information content (AvgIpc) is 3.05. The number of benzene rings is 1. The van der Waals surface area contributed by atoms with Gasteiger partial charge in [0.05, 0.1) is 0 Å². The first-order valence-corrected chi connectivity index (χ1v) is 6.47. The van der Waals surface area contributed by atoms with Crippen LogP contribution in [0.2, 0.25) is 0 Å². The standard InChI is InChI=1S/C15H19FN2/c1-9-6-11-7-13(16)12(8-14(11)18(9)3)15(4-5-15)10(2)17/h6-8,10H,4-5,17H2,1-3H3. The van der Waals surface area contributed by atoms with Gasteiger partial charge in [0.25, 0.3) is 0 Å². The van der Waals surface area contributed by atoms with Gasteiger partial charge in [-0.25, -0.2) is 4.39 Å². The van der Waals surface area contributed by atoms with Gasteiger partial charge in [-0.15, -0.1) is 0 Å². The first-order valence-electron chi connectivity index (χ1n) is 6.47. The molecule has 1 aliphatic carbocycles. The summed E-state index contributed by atoms with van der Waals surface area (Å²) in [5.41, 5.74) is 8.96. The van der Waals surface area contributed by atoms with Crippen LogP contribution in [0.15, 0.2) is 18.2 Å². The van der Waals surface area contributed by atoms with Crippen LogP contribution in [0.5, 0.6) is 0 Å². The number of rotatable bonds is 2. The van der Waals surface area contributed by atoms with Crippen molar-refractivity contribution in [1.82, 2.24) is 4.57 Å². The average molecular weight is 246 g/mol. The van der Waals surface area contributed by atoms with Crippen molar-refractivity contribution in [2.45, 2.75) is 38.1 Å². The van der Waals surface area contributed by atoms with E-state index >= 15 is 0 Å². The monoisotopic (exact) mass is 246 g/mol. The molecule has 3 heteroatoms. The quantitative estimate of drug-likeness (QED) is 0.867. The topological polar surface area (TPSA) is 30.9 Å². The zero-order chi connectivity index (χ0) is 13.1. The van der Waals surface area contributed by atoms with Crippen molar-refractivity contribution in [3.05, 3.63) is 35.3 Å². The number of fused-ring (bicyclic) bond motifs is 1. The molecule has 2 aromatic rings. The number of aromatic nitrogens is 1. The molecule has 0 amide bonds. The molecule has 1 saturated carbocycles. The van der Waals surface area contributed by atoms with E-state index in [2.05, 4.69) is 4.57 Å². The van der Waals surface area contributed by atoms with E-state index in [1.807, 2.05) is 33.0 Å². The van der Waals surface area contributed by atoms with Crippen LogP contribution in [0.25, 0.3) is 10.9 Å².